The minimum Gasteiger partial charge on any atom is -0.494 e. The fraction of sp³-hybridized carbons (Fsp3) is 0.125. The first-order valence-corrected chi connectivity index (χ1v) is 7.03. The van der Waals surface area contributed by atoms with Crippen molar-refractivity contribution < 1.29 is 23.7 Å². The number of anilines is 1. The van der Waals surface area contributed by atoms with Gasteiger partial charge in [-0.05, 0) is 12.1 Å². The number of nitro benzene ring substituents is 1. The van der Waals surface area contributed by atoms with Crippen molar-refractivity contribution in [3.05, 3.63) is 64.0 Å². The lowest BCUT2D eigenvalue weighted by Gasteiger charge is -2.09. The van der Waals surface area contributed by atoms with E-state index in [9.17, 15) is 19.3 Å². The third-order valence-corrected chi connectivity index (χ3v) is 3.04. The first kappa shape index (κ1) is 17.9. The number of carbonyl (C=O) groups excluding carboxylic acids is 1. The number of nitrogens with one attached hydrogen (secondary N) is 1. The second-order valence-electron chi connectivity index (χ2n) is 4.72. The summed E-state index contributed by atoms with van der Waals surface area (Å²) in [5.41, 5.74) is 0.306. The molecule has 0 saturated carbocycles. The molecule has 2 aromatic rings. The number of nitrogens with zero attached hydrogens (tertiary/aromatic N) is 2. The Labute approximate surface area is 142 Å². The quantitative estimate of drug-likeness (QED) is 0.471. The van der Waals surface area contributed by atoms with Gasteiger partial charge in [-0.25, -0.2) is 4.39 Å². The van der Waals surface area contributed by atoms with Gasteiger partial charge < -0.3 is 14.9 Å². The molecule has 0 aliphatic carbocycles. The van der Waals surface area contributed by atoms with Gasteiger partial charge in [-0.2, -0.15) is 0 Å². The number of oxime groups is 1. The molecule has 130 valence electrons. The van der Waals surface area contributed by atoms with Crippen molar-refractivity contribution in [1.82, 2.24) is 0 Å². The van der Waals surface area contributed by atoms with E-state index in [1.165, 1.54) is 37.4 Å². The zero-order chi connectivity index (χ0) is 18.2. The summed E-state index contributed by atoms with van der Waals surface area (Å²) in [4.78, 5) is 26.8. The summed E-state index contributed by atoms with van der Waals surface area (Å²) in [5, 5.41) is 16.7. The van der Waals surface area contributed by atoms with Gasteiger partial charge in [0, 0.05) is 11.6 Å². The average Bonchev–Trinajstić information content (AvgIpc) is 2.60. The van der Waals surface area contributed by atoms with Crippen LogP contribution < -0.4 is 10.1 Å². The first-order valence-electron chi connectivity index (χ1n) is 7.03. The molecule has 0 bridgehead atoms. The molecular formula is C16H14FN3O5. The normalized spacial score (nSPS) is 10.5. The molecule has 0 aliphatic rings. The van der Waals surface area contributed by atoms with E-state index in [4.69, 9.17) is 9.57 Å². The fourth-order valence-electron chi connectivity index (χ4n) is 1.85. The molecule has 0 unspecified atom stereocenters. The van der Waals surface area contributed by atoms with E-state index in [2.05, 4.69) is 10.5 Å². The van der Waals surface area contributed by atoms with Gasteiger partial charge in [0.2, 0.25) is 0 Å². The molecule has 8 nitrogen and oxygen atoms in total. The van der Waals surface area contributed by atoms with Gasteiger partial charge >= 0.3 is 0 Å². The Balaban J connectivity index is 1.92. The van der Waals surface area contributed by atoms with E-state index in [1.807, 2.05) is 0 Å². The van der Waals surface area contributed by atoms with Gasteiger partial charge in [-0.1, -0.05) is 23.4 Å². The van der Waals surface area contributed by atoms with Gasteiger partial charge in [-0.3, -0.25) is 14.9 Å². The van der Waals surface area contributed by atoms with E-state index >= 15 is 0 Å². The molecule has 0 fully saturated rings. The topological polar surface area (TPSA) is 103 Å². The molecule has 0 spiro atoms. The Bertz CT molecular complexity index is 810. The molecule has 0 aliphatic heterocycles. The van der Waals surface area contributed by atoms with Crippen molar-refractivity contribution in [2.45, 2.75) is 0 Å². The first-order chi connectivity index (χ1) is 12.0. The van der Waals surface area contributed by atoms with Gasteiger partial charge in [-0.15, -0.1) is 0 Å². The van der Waals surface area contributed by atoms with Crippen molar-refractivity contribution in [1.29, 1.82) is 0 Å². The SMILES string of the molecule is COc1cc([N+](=O)[O-])ccc1NC(=O)CO/N=C\c1ccccc1F. The number of ether oxygens (including phenoxy) is 1. The molecule has 0 atom stereocenters. The summed E-state index contributed by atoms with van der Waals surface area (Å²) >= 11 is 0. The Kier molecular flexibility index (Phi) is 5.99. The van der Waals surface area contributed by atoms with Crippen LogP contribution in [0.5, 0.6) is 5.75 Å². The minimum atomic E-state index is -0.575. The van der Waals surface area contributed by atoms with Crippen molar-refractivity contribution in [3.63, 3.8) is 0 Å². The van der Waals surface area contributed by atoms with Crippen LogP contribution in [0.3, 0.4) is 0 Å². The lowest BCUT2D eigenvalue weighted by atomic mass is 10.2. The minimum absolute atomic E-state index is 0.136. The van der Waals surface area contributed by atoms with Crippen LogP contribution in [0.15, 0.2) is 47.6 Å². The van der Waals surface area contributed by atoms with E-state index in [1.54, 1.807) is 12.1 Å². The molecule has 1 N–H and O–H groups in total. The Hall–Kier alpha value is -3.49. The summed E-state index contributed by atoms with van der Waals surface area (Å²) in [7, 11) is 1.32. The second kappa shape index (κ2) is 8.39. The highest BCUT2D eigenvalue weighted by molar-refractivity contribution is 5.93. The molecule has 0 radical (unpaired) electrons. The predicted molar refractivity (Wildman–Crippen MR) is 88.2 cm³/mol. The molecular weight excluding hydrogens is 333 g/mol. The van der Waals surface area contributed by atoms with Gasteiger partial charge in [0.25, 0.3) is 11.6 Å². The largest absolute Gasteiger partial charge is 0.494 e. The molecule has 0 aromatic heterocycles. The fourth-order valence-corrected chi connectivity index (χ4v) is 1.85. The van der Waals surface area contributed by atoms with Crippen LogP contribution in [0.4, 0.5) is 15.8 Å². The lowest BCUT2D eigenvalue weighted by molar-refractivity contribution is -0.384. The number of non-ortho nitro benzene ring substituents is 1. The summed E-state index contributed by atoms with van der Waals surface area (Å²) in [6.45, 7) is -0.426. The van der Waals surface area contributed by atoms with E-state index in [-0.39, 0.29) is 22.7 Å². The smallest absolute Gasteiger partial charge is 0.273 e. The number of hydrogen-bond donors (Lipinski definition) is 1. The molecule has 2 aromatic carbocycles. The standard InChI is InChI=1S/C16H14FN3O5/c1-24-15-8-12(20(22)23)6-7-14(15)19-16(21)10-25-18-9-11-4-2-3-5-13(11)17/h2-9H,10H2,1H3,(H,19,21)/b18-9-. The molecule has 0 saturated heterocycles. The molecule has 0 heterocycles. The lowest BCUT2D eigenvalue weighted by Crippen LogP contribution is -2.17. The highest BCUT2D eigenvalue weighted by atomic mass is 19.1. The van der Waals surface area contributed by atoms with Crippen molar-refractivity contribution in [2.24, 2.45) is 5.16 Å². The third-order valence-electron chi connectivity index (χ3n) is 3.04. The van der Waals surface area contributed by atoms with Crippen LogP contribution >= 0.6 is 0 Å². The maximum absolute atomic E-state index is 13.3. The van der Waals surface area contributed by atoms with E-state index < -0.39 is 23.3 Å². The van der Waals surface area contributed by atoms with Crippen LogP contribution in [-0.2, 0) is 9.63 Å². The number of halogens is 1. The Morgan fingerprint density at radius 1 is 1.36 bits per heavy atom. The molecule has 25 heavy (non-hydrogen) atoms. The summed E-state index contributed by atoms with van der Waals surface area (Å²) in [6.07, 6.45) is 1.15. The molecule has 1 amide bonds. The zero-order valence-electron chi connectivity index (χ0n) is 13.1. The van der Waals surface area contributed by atoms with E-state index in [0.717, 1.165) is 6.21 Å². The number of hydrogen-bond acceptors (Lipinski definition) is 6. The van der Waals surface area contributed by atoms with Gasteiger partial charge in [0.05, 0.1) is 30.0 Å². The van der Waals surface area contributed by atoms with Crippen LogP contribution in [0.1, 0.15) is 5.56 Å². The van der Waals surface area contributed by atoms with Gasteiger partial charge in [0.1, 0.15) is 11.6 Å². The zero-order valence-corrected chi connectivity index (χ0v) is 13.1. The Morgan fingerprint density at radius 2 is 2.12 bits per heavy atom. The monoisotopic (exact) mass is 347 g/mol. The van der Waals surface area contributed by atoms with Crippen LogP contribution in [-0.4, -0.2) is 30.8 Å². The predicted octanol–water partition coefficient (Wildman–Crippen LogP) is 2.73. The number of benzene rings is 2. The molecule has 2 rings (SSSR count). The number of rotatable bonds is 7. The molecule has 9 heteroatoms. The van der Waals surface area contributed by atoms with Crippen LogP contribution in [0.25, 0.3) is 0 Å². The Morgan fingerprint density at radius 3 is 2.80 bits per heavy atom. The van der Waals surface area contributed by atoms with Crippen LogP contribution in [0, 0.1) is 15.9 Å². The van der Waals surface area contributed by atoms with Crippen molar-refractivity contribution >= 4 is 23.5 Å². The number of carbonyl (C=O) groups is 1. The van der Waals surface area contributed by atoms with Crippen LogP contribution in [0.2, 0.25) is 0 Å². The van der Waals surface area contributed by atoms with Gasteiger partial charge in [0.15, 0.2) is 6.61 Å². The summed E-state index contributed by atoms with van der Waals surface area (Å²) < 4.78 is 18.4. The van der Waals surface area contributed by atoms with Crippen molar-refractivity contribution in [2.75, 3.05) is 19.0 Å². The maximum atomic E-state index is 13.3. The second-order valence-corrected chi connectivity index (χ2v) is 4.72. The number of nitro groups is 1. The summed E-state index contributed by atoms with van der Waals surface area (Å²) in [6, 6.07) is 9.72. The van der Waals surface area contributed by atoms with Crippen molar-refractivity contribution in [3.8, 4) is 5.75 Å². The highest BCUT2D eigenvalue weighted by Crippen LogP contribution is 2.28. The average molecular weight is 347 g/mol. The number of amides is 1. The third kappa shape index (κ3) is 4.99. The maximum Gasteiger partial charge on any atom is 0.273 e. The number of methoxy groups -OCH3 is 1. The summed E-state index contributed by atoms with van der Waals surface area (Å²) in [5.74, 6) is -0.884. The van der Waals surface area contributed by atoms with E-state index in [0.29, 0.717) is 0 Å². The highest BCUT2D eigenvalue weighted by Gasteiger charge is 2.13.